The second kappa shape index (κ2) is 13.4. The van der Waals surface area contributed by atoms with E-state index in [9.17, 15) is 9.59 Å². The Balaban J connectivity index is 3.36. The minimum absolute atomic E-state index is 0.0142. The van der Waals surface area contributed by atoms with Gasteiger partial charge in [-0.15, -0.1) is 0 Å². The van der Waals surface area contributed by atoms with Crippen molar-refractivity contribution in [3.63, 3.8) is 0 Å². The number of hydrogen-bond donors (Lipinski definition) is 0. The van der Waals surface area contributed by atoms with Gasteiger partial charge in [-0.2, -0.15) is 0 Å². The molecular formula is C27H51NO3Sn. The molecule has 0 N–H and O–H groups in total. The van der Waals surface area contributed by atoms with Gasteiger partial charge in [0.05, 0.1) is 0 Å². The van der Waals surface area contributed by atoms with Crippen molar-refractivity contribution >= 4 is 30.4 Å². The number of carbonyl (C=O) groups is 2. The van der Waals surface area contributed by atoms with Crippen LogP contribution in [-0.4, -0.2) is 47.4 Å². The molecule has 0 spiro atoms. The number of imide groups is 1. The summed E-state index contributed by atoms with van der Waals surface area (Å²) in [4.78, 5) is 28.2. The van der Waals surface area contributed by atoms with Gasteiger partial charge >= 0.3 is 203 Å². The van der Waals surface area contributed by atoms with E-state index in [4.69, 9.17) is 4.74 Å². The van der Waals surface area contributed by atoms with Crippen LogP contribution >= 0.6 is 0 Å². The number of carbonyl (C=O) groups excluding carboxylic acids is 2. The third-order valence-corrected chi connectivity index (χ3v) is 23.2. The molecule has 1 fully saturated rings. The second-order valence-electron chi connectivity index (χ2n) is 11.2. The molecule has 4 nitrogen and oxygen atoms in total. The number of amides is 2. The van der Waals surface area contributed by atoms with Crippen molar-refractivity contribution in [2.24, 2.45) is 5.41 Å². The Bertz CT molecular complexity index is 616. The van der Waals surface area contributed by atoms with Crippen molar-refractivity contribution < 1.29 is 14.3 Å². The molecule has 1 aliphatic heterocycles. The molecule has 0 aliphatic carbocycles. The summed E-state index contributed by atoms with van der Waals surface area (Å²) >= 11 is -2.60. The van der Waals surface area contributed by atoms with Gasteiger partial charge < -0.3 is 0 Å². The van der Waals surface area contributed by atoms with Crippen LogP contribution in [0.25, 0.3) is 0 Å². The molecule has 0 aromatic rings. The molecule has 0 radical (unpaired) electrons. The van der Waals surface area contributed by atoms with Crippen LogP contribution in [0.5, 0.6) is 0 Å². The summed E-state index contributed by atoms with van der Waals surface area (Å²) in [5, 5.41) is 0. The number of nitrogens with zero attached hydrogens (tertiary/aromatic N) is 1. The van der Waals surface area contributed by atoms with E-state index in [2.05, 4.69) is 40.7 Å². The Morgan fingerprint density at radius 3 is 1.91 bits per heavy atom. The van der Waals surface area contributed by atoms with Crippen LogP contribution in [-0.2, 0) is 9.53 Å². The van der Waals surface area contributed by atoms with Crippen LogP contribution in [0.3, 0.4) is 0 Å². The van der Waals surface area contributed by atoms with Crippen LogP contribution < -0.4 is 0 Å². The van der Waals surface area contributed by atoms with Crippen LogP contribution in [0.2, 0.25) is 17.7 Å². The number of ether oxygens (including phenoxy) is 1. The normalized spacial score (nSPS) is 20.9. The Hall–Kier alpha value is -0.521. The van der Waals surface area contributed by atoms with E-state index in [1.54, 1.807) is 0 Å². The molecule has 1 atom stereocenters. The predicted octanol–water partition coefficient (Wildman–Crippen LogP) is 8.35. The quantitative estimate of drug-likeness (QED) is 0.169. The summed E-state index contributed by atoms with van der Waals surface area (Å²) < 4.78 is 10.8. The van der Waals surface area contributed by atoms with Gasteiger partial charge in [0.25, 0.3) is 0 Å². The first kappa shape index (κ1) is 29.5. The summed E-state index contributed by atoms with van der Waals surface area (Å²) in [7, 11) is 0. The van der Waals surface area contributed by atoms with Gasteiger partial charge in [-0.25, -0.2) is 0 Å². The van der Waals surface area contributed by atoms with Gasteiger partial charge in [-0.05, 0) is 0 Å². The molecule has 32 heavy (non-hydrogen) atoms. The van der Waals surface area contributed by atoms with Crippen molar-refractivity contribution in [1.82, 2.24) is 4.90 Å². The first-order chi connectivity index (χ1) is 15.0. The molecule has 1 unspecified atom stereocenters. The van der Waals surface area contributed by atoms with Crippen molar-refractivity contribution in [2.75, 3.05) is 6.54 Å². The fourth-order valence-corrected chi connectivity index (χ4v) is 23.6. The first-order valence-corrected chi connectivity index (χ1v) is 21.3. The van der Waals surface area contributed by atoms with Crippen LogP contribution in [0.1, 0.15) is 107 Å². The second-order valence-corrected chi connectivity index (χ2v) is 25.1. The third-order valence-electron chi connectivity index (χ3n) is 6.96. The SMILES string of the molecule is CCC/C=C1\CN(C(=O)OC(C)(C)C)C(=O)C1(C)[CH2][Sn]([CH2]CCC)([CH2]CCC)[CH2]CCC. The zero-order chi connectivity index (χ0) is 24.4. The minimum atomic E-state index is -2.60. The van der Waals surface area contributed by atoms with Gasteiger partial charge in [0.2, 0.25) is 0 Å². The molecule has 1 saturated heterocycles. The van der Waals surface area contributed by atoms with Crippen molar-refractivity contribution in [3.8, 4) is 0 Å². The summed E-state index contributed by atoms with van der Waals surface area (Å²) in [6, 6.07) is 0. The van der Waals surface area contributed by atoms with Gasteiger partial charge in [0.15, 0.2) is 0 Å². The van der Waals surface area contributed by atoms with Crippen LogP contribution in [0, 0.1) is 5.41 Å². The Morgan fingerprint density at radius 1 is 1.00 bits per heavy atom. The number of likely N-dealkylation sites (tertiary alicyclic amines) is 1. The van der Waals surface area contributed by atoms with Crippen molar-refractivity contribution in [2.45, 2.75) is 130 Å². The maximum absolute atomic E-state index is 13.8. The van der Waals surface area contributed by atoms with E-state index in [0.29, 0.717) is 6.54 Å². The topological polar surface area (TPSA) is 46.6 Å². The molecule has 5 heteroatoms. The van der Waals surface area contributed by atoms with E-state index in [-0.39, 0.29) is 5.91 Å². The molecule has 0 bridgehead atoms. The summed E-state index contributed by atoms with van der Waals surface area (Å²) in [6.45, 7) is 17.2. The van der Waals surface area contributed by atoms with Crippen LogP contribution in [0.4, 0.5) is 4.79 Å². The molecule has 0 aromatic heterocycles. The van der Waals surface area contributed by atoms with E-state index >= 15 is 0 Å². The van der Waals surface area contributed by atoms with Gasteiger partial charge in [0, 0.05) is 0 Å². The van der Waals surface area contributed by atoms with E-state index < -0.39 is 35.5 Å². The molecule has 186 valence electrons. The number of hydrogen-bond acceptors (Lipinski definition) is 3. The third kappa shape index (κ3) is 8.36. The zero-order valence-electron chi connectivity index (χ0n) is 22.4. The first-order valence-electron chi connectivity index (χ1n) is 13.2. The van der Waals surface area contributed by atoms with Gasteiger partial charge in [0.1, 0.15) is 0 Å². The molecular weight excluding hydrogens is 505 g/mol. The predicted molar refractivity (Wildman–Crippen MR) is 139 cm³/mol. The number of allylic oxidation sites excluding steroid dienone is 1. The van der Waals surface area contributed by atoms with Crippen molar-refractivity contribution in [1.29, 1.82) is 0 Å². The number of rotatable bonds is 13. The fraction of sp³-hybridized carbons (Fsp3) is 0.852. The summed E-state index contributed by atoms with van der Waals surface area (Å²) in [6.07, 6.45) is 11.3. The maximum atomic E-state index is 13.8. The Morgan fingerprint density at radius 2 is 1.50 bits per heavy atom. The van der Waals surface area contributed by atoms with E-state index in [1.807, 2.05) is 20.8 Å². The van der Waals surface area contributed by atoms with Crippen molar-refractivity contribution in [3.05, 3.63) is 11.6 Å². The Kier molecular flexibility index (Phi) is 12.3. The van der Waals surface area contributed by atoms with E-state index in [1.165, 1.54) is 62.3 Å². The standard InChI is InChI=1S/C15H24NO3.3C4H9.Sn/c1-7-8-9-11-10-16(12(17)15(11,5)6)13(18)19-14(2,3)4;3*1-3-4-2;/h9H,5,7-8,10H2,1-4,6H3;3*1,3-4H2,2H3;/b11-9+;;;;. The summed E-state index contributed by atoms with van der Waals surface area (Å²) in [5.41, 5.74) is 0.0358. The van der Waals surface area contributed by atoms with Crippen LogP contribution in [0.15, 0.2) is 11.6 Å². The summed E-state index contributed by atoms with van der Waals surface area (Å²) in [5.74, 6) is -0.0142. The molecule has 0 aromatic carbocycles. The number of unbranched alkanes of at least 4 members (excludes halogenated alkanes) is 4. The average Bonchev–Trinajstić information content (AvgIpc) is 2.96. The van der Waals surface area contributed by atoms with E-state index in [0.717, 1.165) is 17.3 Å². The Labute approximate surface area is 202 Å². The van der Waals surface area contributed by atoms with Gasteiger partial charge in [-0.3, -0.25) is 0 Å². The fourth-order valence-electron chi connectivity index (χ4n) is 5.16. The molecule has 1 heterocycles. The average molecular weight is 556 g/mol. The van der Waals surface area contributed by atoms with Gasteiger partial charge in [-0.1, -0.05) is 0 Å². The molecule has 2 amide bonds. The molecule has 1 rings (SSSR count). The molecule has 1 aliphatic rings. The molecule has 0 saturated carbocycles. The zero-order valence-corrected chi connectivity index (χ0v) is 25.3. The monoisotopic (exact) mass is 557 g/mol.